The zero-order chi connectivity index (χ0) is 17.4. The molecule has 0 fully saturated rings. The molecule has 0 radical (unpaired) electrons. The highest BCUT2D eigenvalue weighted by Crippen LogP contribution is 2.31. The molecule has 1 aliphatic rings. The number of tetrazole rings is 1. The zero-order valence-electron chi connectivity index (χ0n) is 13.3. The average molecular weight is 356 g/mol. The summed E-state index contributed by atoms with van der Waals surface area (Å²) in [5.74, 6) is 0.488. The number of rotatable bonds is 3. The van der Waals surface area contributed by atoms with E-state index in [-0.39, 0.29) is 5.91 Å². The largest absolute Gasteiger partial charge is 0.480 e. The van der Waals surface area contributed by atoms with Gasteiger partial charge in [0, 0.05) is 17.1 Å². The third kappa shape index (κ3) is 3.06. The average Bonchev–Trinajstić information content (AvgIpc) is 3.25. The number of hydrogen-bond acceptors (Lipinski definition) is 5. The van der Waals surface area contributed by atoms with E-state index < -0.39 is 6.10 Å². The second-order valence-corrected chi connectivity index (χ2v) is 6.24. The molecule has 2 heterocycles. The fourth-order valence-electron chi connectivity index (χ4n) is 2.79. The fourth-order valence-corrected chi connectivity index (χ4v) is 2.99. The zero-order valence-corrected chi connectivity index (χ0v) is 14.1. The number of aryl methyl sites for hydroxylation is 1. The summed E-state index contributed by atoms with van der Waals surface area (Å²) in [6, 6.07) is 10.9. The van der Waals surface area contributed by atoms with Crippen molar-refractivity contribution in [1.82, 2.24) is 20.2 Å². The van der Waals surface area contributed by atoms with Crippen molar-refractivity contribution in [2.24, 2.45) is 0 Å². The number of aromatic nitrogens is 4. The Morgan fingerprint density at radius 2 is 2.20 bits per heavy atom. The van der Waals surface area contributed by atoms with Crippen LogP contribution in [0.1, 0.15) is 11.1 Å². The Morgan fingerprint density at radius 1 is 1.32 bits per heavy atom. The number of hydrogen-bond donors (Lipinski definition) is 1. The van der Waals surface area contributed by atoms with Crippen molar-refractivity contribution in [2.75, 3.05) is 5.32 Å². The molecule has 126 valence electrons. The molecular formula is C17H14ClN5O2. The number of carbonyl (C=O) groups is 1. The molecule has 1 atom stereocenters. The third-order valence-corrected chi connectivity index (χ3v) is 4.30. The highest BCUT2D eigenvalue weighted by molar-refractivity contribution is 6.30. The van der Waals surface area contributed by atoms with Crippen LogP contribution in [0.25, 0.3) is 5.69 Å². The molecule has 25 heavy (non-hydrogen) atoms. The van der Waals surface area contributed by atoms with Gasteiger partial charge in [-0.25, -0.2) is 4.68 Å². The van der Waals surface area contributed by atoms with Gasteiger partial charge in [0.25, 0.3) is 5.91 Å². The van der Waals surface area contributed by atoms with E-state index >= 15 is 0 Å². The number of fused-ring (bicyclic) bond motifs is 1. The molecule has 4 rings (SSSR count). The van der Waals surface area contributed by atoms with Crippen LogP contribution < -0.4 is 10.1 Å². The van der Waals surface area contributed by atoms with Crippen LogP contribution in [0.2, 0.25) is 5.02 Å². The number of carbonyl (C=O) groups excluding carboxylic acids is 1. The van der Waals surface area contributed by atoms with Gasteiger partial charge in [0.15, 0.2) is 6.10 Å². The topological polar surface area (TPSA) is 81.9 Å². The summed E-state index contributed by atoms with van der Waals surface area (Å²) < 4.78 is 7.26. The van der Waals surface area contributed by atoms with Crippen molar-refractivity contribution in [3.8, 4) is 11.4 Å². The number of anilines is 1. The molecular weight excluding hydrogens is 342 g/mol. The van der Waals surface area contributed by atoms with E-state index in [1.165, 1.54) is 6.33 Å². The predicted molar refractivity (Wildman–Crippen MR) is 92.1 cm³/mol. The van der Waals surface area contributed by atoms with Gasteiger partial charge in [-0.3, -0.25) is 4.79 Å². The van der Waals surface area contributed by atoms with Crippen molar-refractivity contribution in [3.63, 3.8) is 0 Å². The molecule has 1 unspecified atom stereocenters. The van der Waals surface area contributed by atoms with Gasteiger partial charge in [-0.15, -0.1) is 5.10 Å². The Balaban J connectivity index is 1.51. The van der Waals surface area contributed by atoms with Gasteiger partial charge in [-0.05, 0) is 58.8 Å². The molecule has 2 aromatic carbocycles. The van der Waals surface area contributed by atoms with Crippen LogP contribution in [0.5, 0.6) is 5.75 Å². The molecule has 1 amide bonds. The number of benzene rings is 2. The van der Waals surface area contributed by atoms with Crippen molar-refractivity contribution < 1.29 is 9.53 Å². The SMILES string of the molecule is Cc1ccc(NC(=O)C2Cc3cc(Cl)ccc3O2)cc1-n1cnnn1. The highest BCUT2D eigenvalue weighted by Gasteiger charge is 2.29. The third-order valence-electron chi connectivity index (χ3n) is 4.06. The van der Waals surface area contributed by atoms with Gasteiger partial charge in [0.05, 0.1) is 5.69 Å². The molecule has 0 aliphatic carbocycles. The number of amides is 1. The lowest BCUT2D eigenvalue weighted by atomic mass is 10.1. The first-order chi connectivity index (χ1) is 12.1. The predicted octanol–water partition coefficient (Wildman–Crippen LogP) is 2.57. The summed E-state index contributed by atoms with van der Waals surface area (Å²) in [7, 11) is 0. The number of nitrogens with zero attached hydrogens (tertiary/aromatic N) is 4. The molecule has 0 bridgehead atoms. The summed E-state index contributed by atoms with van der Waals surface area (Å²) in [6.45, 7) is 1.95. The van der Waals surface area contributed by atoms with Crippen molar-refractivity contribution >= 4 is 23.2 Å². The van der Waals surface area contributed by atoms with Gasteiger partial charge >= 0.3 is 0 Å². The Labute approximate surface area is 148 Å². The fraction of sp³-hybridized carbons (Fsp3) is 0.176. The normalized spacial score (nSPS) is 15.5. The van der Waals surface area contributed by atoms with E-state index in [0.717, 1.165) is 16.8 Å². The maximum atomic E-state index is 12.5. The molecule has 0 saturated heterocycles. The van der Waals surface area contributed by atoms with Crippen LogP contribution >= 0.6 is 11.6 Å². The standard InChI is InChI=1S/C17H14ClN5O2/c1-10-2-4-13(8-14(10)23-9-19-21-22-23)20-17(24)16-7-11-6-12(18)3-5-15(11)25-16/h2-6,8-9,16H,7H2,1H3,(H,20,24). The van der Waals surface area contributed by atoms with Crippen molar-refractivity contribution in [2.45, 2.75) is 19.4 Å². The first kappa shape index (κ1) is 15.6. The molecule has 7 nitrogen and oxygen atoms in total. The lowest BCUT2D eigenvalue weighted by molar-refractivity contribution is -0.122. The van der Waals surface area contributed by atoms with Crippen molar-refractivity contribution in [3.05, 3.63) is 58.9 Å². The van der Waals surface area contributed by atoms with Crippen LogP contribution in [0.4, 0.5) is 5.69 Å². The Hall–Kier alpha value is -2.93. The van der Waals surface area contributed by atoms with Crippen LogP contribution in [0.3, 0.4) is 0 Å². The summed E-state index contributed by atoms with van der Waals surface area (Å²) >= 11 is 5.99. The molecule has 0 saturated carbocycles. The van der Waals surface area contributed by atoms with Gasteiger partial charge in [-0.1, -0.05) is 17.7 Å². The van der Waals surface area contributed by atoms with E-state index in [4.69, 9.17) is 16.3 Å². The van der Waals surface area contributed by atoms with Gasteiger partial charge < -0.3 is 10.1 Å². The molecule has 0 spiro atoms. The summed E-state index contributed by atoms with van der Waals surface area (Å²) in [4.78, 5) is 12.5. The maximum Gasteiger partial charge on any atom is 0.265 e. The van der Waals surface area contributed by atoms with E-state index in [0.29, 0.717) is 22.9 Å². The van der Waals surface area contributed by atoms with Crippen LogP contribution in [0, 0.1) is 6.92 Å². The molecule has 1 aromatic heterocycles. The number of halogens is 1. The Bertz CT molecular complexity index is 942. The molecule has 1 N–H and O–H groups in total. The molecule has 8 heteroatoms. The van der Waals surface area contributed by atoms with E-state index in [1.807, 2.05) is 31.2 Å². The quantitative estimate of drug-likeness (QED) is 0.780. The van der Waals surface area contributed by atoms with Crippen LogP contribution in [-0.4, -0.2) is 32.2 Å². The second kappa shape index (κ2) is 6.18. The van der Waals surface area contributed by atoms with Gasteiger partial charge in [-0.2, -0.15) is 0 Å². The molecule has 1 aliphatic heterocycles. The van der Waals surface area contributed by atoms with Crippen LogP contribution in [-0.2, 0) is 11.2 Å². The van der Waals surface area contributed by atoms with E-state index in [2.05, 4.69) is 20.8 Å². The monoisotopic (exact) mass is 355 g/mol. The number of ether oxygens (including phenoxy) is 1. The van der Waals surface area contributed by atoms with Crippen molar-refractivity contribution in [1.29, 1.82) is 0 Å². The minimum Gasteiger partial charge on any atom is -0.480 e. The molecule has 3 aromatic rings. The maximum absolute atomic E-state index is 12.5. The lowest BCUT2D eigenvalue weighted by Crippen LogP contribution is -2.31. The van der Waals surface area contributed by atoms with Gasteiger partial charge in [0.1, 0.15) is 12.1 Å². The first-order valence-corrected chi connectivity index (χ1v) is 8.08. The Morgan fingerprint density at radius 3 is 3.00 bits per heavy atom. The van der Waals surface area contributed by atoms with Crippen LogP contribution in [0.15, 0.2) is 42.7 Å². The minimum absolute atomic E-state index is 0.209. The lowest BCUT2D eigenvalue weighted by Gasteiger charge is -2.13. The highest BCUT2D eigenvalue weighted by atomic mass is 35.5. The smallest absolute Gasteiger partial charge is 0.265 e. The summed E-state index contributed by atoms with van der Waals surface area (Å²) in [5.41, 5.74) is 3.37. The Kier molecular flexibility index (Phi) is 3.85. The van der Waals surface area contributed by atoms with Gasteiger partial charge in [0.2, 0.25) is 0 Å². The van der Waals surface area contributed by atoms with E-state index in [1.54, 1.807) is 16.8 Å². The van der Waals surface area contributed by atoms with E-state index in [9.17, 15) is 4.79 Å². The summed E-state index contributed by atoms with van der Waals surface area (Å²) in [6.07, 6.45) is 1.42. The summed E-state index contributed by atoms with van der Waals surface area (Å²) in [5, 5.41) is 14.7. The first-order valence-electron chi connectivity index (χ1n) is 7.70. The second-order valence-electron chi connectivity index (χ2n) is 5.81. The minimum atomic E-state index is -0.578. The number of nitrogens with one attached hydrogen (secondary N) is 1.